The second-order valence-corrected chi connectivity index (χ2v) is 8.61. The van der Waals surface area contributed by atoms with Crippen molar-refractivity contribution in [2.45, 2.75) is 33.5 Å². The third-order valence-corrected chi connectivity index (χ3v) is 3.14. The second-order valence-electron chi connectivity index (χ2n) is 3.62. The summed E-state index contributed by atoms with van der Waals surface area (Å²) >= 11 is 0. The van der Waals surface area contributed by atoms with Crippen LogP contribution in [0.2, 0.25) is 19.6 Å². The molecule has 0 aromatic rings. The number of rotatable bonds is 5. The molecule has 0 aliphatic carbocycles. The maximum Gasteiger partial charge on any atom is 0.126 e. The molecule has 72 valence electrons. The van der Waals surface area contributed by atoms with Gasteiger partial charge >= 0.3 is 0 Å². The van der Waals surface area contributed by atoms with Gasteiger partial charge in [0.2, 0.25) is 0 Å². The van der Waals surface area contributed by atoms with Gasteiger partial charge in [-0.15, -0.1) is 0 Å². The predicted octanol–water partition coefficient (Wildman–Crippen LogP) is 2.78. The van der Waals surface area contributed by atoms with Gasteiger partial charge in [0.25, 0.3) is 0 Å². The Morgan fingerprint density at radius 2 is 1.75 bits per heavy atom. The molecule has 0 atom stereocenters. The molecule has 0 saturated heterocycles. The fourth-order valence-corrected chi connectivity index (χ4v) is 1.76. The Morgan fingerprint density at radius 1 is 1.17 bits per heavy atom. The zero-order valence-electron chi connectivity index (χ0n) is 8.81. The highest BCUT2D eigenvalue weighted by molar-refractivity contribution is 6.82. The molecule has 3 heteroatoms. The van der Waals surface area contributed by atoms with Crippen LogP contribution in [0.25, 0.3) is 0 Å². The van der Waals surface area contributed by atoms with Gasteiger partial charge in [0, 0.05) is 0 Å². The quantitative estimate of drug-likeness (QED) is 0.488. The molecular formula is C9H20O2Si. The Hall–Kier alpha value is -0.443. The number of hydrogen-bond acceptors (Lipinski definition) is 2. The summed E-state index contributed by atoms with van der Waals surface area (Å²) in [5.41, 5.74) is 0. The standard InChI is InChI=1S/C9H20O2Si/c1-6-10-8-9(11-7-2)12(3,4)5/h8H,6-7H2,1-5H3/b9-8+. The van der Waals surface area contributed by atoms with E-state index < -0.39 is 8.07 Å². The zero-order chi connectivity index (χ0) is 9.61. The van der Waals surface area contributed by atoms with Crippen molar-refractivity contribution < 1.29 is 9.47 Å². The normalized spacial score (nSPS) is 12.9. The Bertz CT molecular complexity index is 147. The van der Waals surface area contributed by atoms with Crippen LogP contribution in [0.1, 0.15) is 13.8 Å². The van der Waals surface area contributed by atoms with Crippen LogP contribution in [-0.2, 0) is 9.47 Å². The summed E-state index contributed by atoms with van der Waals surface area (Å²) in [6, 6.07) is 0. The van der Waals surface area contributed by atoms with E-state index in [-0.39, 0.29) is 0 Å². The highest BCUT2D eigenvalue weighted by Gasteiger charge is 2.21. The average Bonchev–Trinajstić information content (AvgIpc) is 1.95. The van der Waals surface area contributed by atoms with Crippen molar-refractivity contribution in [3.05, 3.63) is 11.6 Å². The van der Waals surface area contributed by atoms with E-state index in [0.717, 1.165) is 12.0 Å². The lowest BCUT2D eigenvalue weighted by atomic mass is 10.8. The molecule has 0 rings (SSSR count). The monoisotopic (exact) mass is 188 g/mol. The third kappa shape index (κ3) is 4.44. The van der Waals surface area contributed by atoms with Crippen LogP contribution < -0.4 is 0 Å². The lowest BCUT2D eigenvalue weighted by Gasteiger charge is -2.20. The first-order chi connectivity index (χ1) is 5.52. The van der Waals surface area contributed by atoms with Gasteiger partial charge in [-0.3, -0.25) is 0 Å². The molecule has 0 radical (unpaired) electrons. The zero-order valence-corrected chi connectivity index (χ0v) is 9.81. The Kier molecular flexibility index (Phi) is 5.05. The van der Waals surface area contributed by atoms with Crippen LogP contribution in [0, 0.1) is 0 Å². The van der Waals surface area contributed by atoms with Gasteiger partial charge in [-0.25, -0.2) is 0 Å². The van der Waals surface area contributed by atoms with Crippen molar-refractivity contribution in [3.8, 4) is 0 Å². The Morgan fingerprint density at radius 3 is 2.08 bits per heavy atom. The Labute approximate surface area is 76.6 Å². The van der Waals surface area contributed by atoms with Crippen molar-refractivity contribution in [2.24, 2.45) is 0 Å². The first kappa shape index (κ1) is 11.6. The first-order valence-electron chi connectivity index (χ1n) is 4.47. The third-order valence-electron chi connectivity index (χ3n) is 1.40. The SMILES string of the molecule is CCO/C=C(\OCC)[Si](C)(C)C. The Balaban J connectivity index is 4.22. The van der Waals surface area contributed by atoms with Gasteiger partial charge in [-0.2, -0.15) is 0 Å². The minimum Gasteiger partial charge on any atom is -0.500 e. The summed E-state index contributed by atoms with van der Waals surface area (Å²) in [7, 11) is -1.33. The van der Waals surface area contributed by atoms with E-state index in [1.807, 2.05) is 13.8 Å². The van der Waals surface area contributed by atoms with Crippen LogP contribution in [0.5, 0.6) is 0 Å². The predicted molar refractivity (Wildman–Crippen MR) is 54.7 cm³/mol. The van der Waals surface area contributed by atoms with E-state index in [9.17, 15) is 0 Å². The van der Waals surface area contributed by atoms with Crippen molar-refractivity contribution >= 4 is 8.07 Å². The molecular weight excluding hydrogens is 168 g/mol. The molecule has 0 bridgehead atoms. The van der Waals surface area contributed by atoms with Crippen molar-refractivity contribution in [3.63, 3.8) is 0 Å². The molecule has 0 aliphatic rings. The fourth-order valence-electron chi connectivity index (χ4n) is 0.742. The van der Waals surface area contributed by atoms with Crippen LogP contribution in [0.3, 0.4) is 0 Å². The molecule has 2 nitrogen and oxygen atoms in total. The van der Waals surface area contributed by atoms with Crippen molar-refractivity contribution in [1.29, 1.82) is 0 Å². The van der Waals surface area contributed by atoms with Gasteiger partial charge in [0.15, 0.2) is 0 Å². The van der Waals surface area contributed by atoms with Gasteiger partial charge < -0.3 is 9.47 Å². The van der Waals surface area contributed by atoms with E-state index in [2.05, 4.69) is 19.6 Å². The molecule has 0 spiro atoms. The fraction of sp³-hybridized carbons (Fsp3) is 0.778. The molecule has 0 amide bonds. The highest BCUT2D eigenvalue weighted by Crippen LogP contribution is 2.15. The molecule has 12 heavy (non-hydrogen) atoms. The lowest BCUT2D eigenvalue weighted by molar-refractivity contribution is 0.208. The largest absolute Gasteiger partial charge is 0.500 e. The van der Waals surface area contributed by atoms with Gasteiger partial charge in [-0.1, -0.05) is 19.6 Å². The summed E-state index contributed by atoms with van der Waals surface area (Å²) in [6.45, 7) is 12.1. The molecule has 0 fully saturated rings. The van der Waals surface area contributed by atoms with Crippen molar-refractivity contribution in [2.75, 3.05) is 13.2 Å². The first-order valence-corrected chi connectivity index (χ1v) is 7.97. The maximum absolute atomic E-state index is 5.51. The van der Waals surface area contributed by atoms with E-state index in [1.54, 1.807) is 6.26 Å². The van der Waals surface area contributed by atoms with E-state index >= 15 is 0 Å². The molecule has 0 unspecified atom stereocenters. The summed E-state index contributed by atoms with van der Waals surface area (Å²) in [5, 5.41) is 1.05. The number of hydrogen-bond donors (Lipinski definition) is 0. The summed E-state index contributed by atoms with van der Waals surface area (Å²) in [6.07, 6.45) is 1.77. The van der Waals surface area contributed by atoms with E-state index in [4.69, 9.17) is 9.47 Å². The van der Waals surface area contributed by atoms with Crippen LogP contribution >= 0.6 is 0 Å². The second kappa shape index (κ2) is 5.25. The van der Waals surface area contributed by atoms with Crippen LogP contribution in [0.4, 0.5) is 0 Å². The van der Waals surface area contributed by atoms with Crippen molar-refractivity contribution in [1.82, 2.24) is 0 Å². The van der Waals surface area contributed by atoms with E-state index in [1.165, 1.54) is 0 Å². The van der Waals surface area contributed by atoms with Gasteiger partial charge in [0.1, 0.15) is 19.7 Å². The van der Waals surface area contributed by atoms with Crippen LogP contribution in [0.15, 0.2) is 11.6 Å². The topological polar surface area (TPSA) is 18.5 Å². The maximum atomic E-state index is 5.51. The van der Waals surface area contributed by atoms with Gasteiger partial charge in [0.05, 0.1) is 13.2 Å². The summed E-state index contributed by atoms with van der Waals surface area (Å²) in [5.74, 6) is 0. The average molecular weight is 188 g/mol. The highest BCUT2D eigenvalue weighted by atomic mass is 28.3. The molecule has 0 N–H and O–H groups in total. The molecule has 0 aliphatic heterocycles. The molecule has 0 heterocycles. The molecule has 0 saturated carbocycles. The van der Waals surface area contributed by atoms with Gasteiger partial charge in [-0.05, 0) is 13.8 Å². The minimum absolute atomic E-state index is 0.709. The smallest absolute Gasteiger partial charge is 0.126 e. The van der Waals surface area contributed by atoms with Crippen LogP contribution in [-0.4, -0.2) is 21.3 Å². The molecule has 0 aromatic heterocycles. The number of ether oxygens (including phenoxy) is 2. The summed E-state index contributed by atoms with van der Waals surface area (Å²) < 4.78 is 10.7. The minimum atomic E-state index is -1.33. The summed E-state index contributed by atoms with van der Waals surface area (Å²) in [4.78, 5) is 0. The van der Waals surface area contributed by atoms with E-state index in [0.29, 0.717) is 6.61 Å². The lowest BCUT2D eigenvalue weighted by Crippen LogP contribution is -2.26. The molecule has 0 aromatic carbocycles.